The van der Waals surface area contributed by atoms with Crippen molar-refractivity contribution in [2.75, 3.05) is 0 Å². The molecule has 0 aliphatic rings. The maximum atomic E-state index is 12.8. The minimum atomic E-state index is -0.592. The van der Waals surface area contributed by atoms with Crippen molar-refractivity contribution < 1.29 is 9.31 Å². The number of benzene rings is 1. The van der Waals surface area contributed by atoms with Crippen LogP contribution in [0.4, 0.5) is 10.1 Å². The summed E-state index contributed by atoms with van der Waals surface area (Å²) in [6.07, 6.45) is 0. The lowest BCUT2D eigenvalue weighted by Crippen LogP contribution is -2.03. The van der Waals surface area contributed by atoms with Crippen molar-refractivity contribution in [3.63, 3.8) is 0 Å². The van der Waals surface area contributed by atoms with Gasteiger partial charge < -0.3 is 5.73 Å². The van der Waals surface area contributed by atoms with Crippen molar-refractivity contribution in [2.45, 2.75) is 6.54 Å². The zero-order chi connectivity index (χ0) is 10.0. The number of nitro benzene ring substituents is 1. The fourth-order valence-electron chi connectivity index (χ4n) is 0.979. The van der Waals surface area contributed by atoms with Gasteiger partial charge >= 0.3 is 0 Å². The van der Waals surface area contributed by atoms with Gasteiger partial charge in [-0.2, -0.15) is 0 Å². The third-order valence-corrected chi connectivity index (χ3v) is 2.11. The van der Waals surface area contributed by atoms with Gasteiger partial charge in [-0.1, -0.05) is 0 Å². The summed E-state index contributed by atoms with van der Waals surface area (Å²) >= 11 is 2.90. The number of nitrogens with zero attached hydrogens (tertiary/aromatic N) is 1. The van der Waals surface area contributed by atoms with E-state index in [1.165, 1.54) is 0 Å². The Morgan fingerprint density at radius 3 is 2.69 bits per heavy atom. The molecular formula is C7H6BrFN2O2. The van der Waals surface area contributed by atoms with Gasteiger partial charge in [-0.3, -0.25) is 10.1 Å². The van der Waals surface area contributed by atoms with Crippen LogP contribution in [0.1, 0.15) is 5.56 Å². The number of halogens is 2. The highest BCUT2D eigenvalue weighted by molar-refractivity contribution is 9.10. The first-order chi connectivity index (χ1) is 6.06. The van der Waals surface area contributed by atoms with Crippen molar-refractivity contribution in [3.05, 3.63) is 38.1 Å². The van der Waals surface area contributed by atoms with Crippen molar-refractivity contribution in [2.24, 2.45) is 5.73 Å². The molecule has 0 saturated heterocycles. The highest BCUT2D eigenvalue weighted by Gasteiger charge is 2.18. The molecule has 70 valence electrons. The van der Waals surface area contributed by atoms with Gasteiger partial charge in [0.25, 0.3) is 5.69 Å². The number of hydrogen-bond acceptors (Lipinski definition) is 3. The molecule has 13 heavy (non-hydrogen) atoms. The molecule has 0 heterocycles. The molecule has 0 saturated carbocycles. The predicted molar refractivity (Wildman–Crippen MR) is 48.6 cm³/mol. The smallest absolute Gasteiger partial charge is 0.288 e. The van der Waals surface area contributed by atoms with Crippen LogP contribution in [0.2, 0.25) is 0 Å². The lowest BCUT2D eigenvalue weighted by Gasteiger charge is -2.01. The highest BCUT2D eigenvalue weighted by Crippen LogP contribution is 2.29. The van der Waals surface area contributed by atoms with Gasteiger partial charge in [-0.05, 0) is 28.1 Å². The van der Waals surface area contributed by atoms with Gasteiger partial charge in [-0.25, -0.2) is 4.39 Å². The van der Waals surface area contributed by atoms with Gasteiger partial charge in [0.1, 0.15) is 5.82 Å². The van der Waals surface area contributed by atoms with E-state index >= 15 is 0 Å². The average Bonchev–Trinajstić information content (AvgIpc) is 2.01. The minimum Gasteiger partial charge on any atom is -0.326 e. The Bertz CT molecular complexity index is 357. The quantitative estimate of drug-likeness (QED) is 0.643. The normalized spacial score (nSPS) is 10.1. The van der Waals surface area contributed by atoms with E-state index in [9.17, 15) is 14.5 Å². The first-order valence-corrected chi connectivity index (χ1v) is 4.18. The van der Waals surface area contributed by atoms with Crippen LogP contribution >= 0.6 is 15.9 Å². The summed E-state index contributed by atoms with van der Waals surface area (Å²) in [4.78, 5) is 9.92. The second kappa shape index (κ2) is 3.80. The fourth-order valence-corrected chi connectivity index (χ4v) is 1.60. The van der Waals surface area contributed by atoms with Gasteiger partial charge in [0.05, 0.1) is 9.40 Å². The molecule has 0 amide bonds. The summed E-state index contributed by atoms with van der Waals surface area (Å²) < 4.78 is 12.9. The Labute approximate surface area is 81.8 Å². The van der Waals surface area contributed by atoms with Crippen LogP contribution in [-0.2, 0) is 6.54 Å². The molecule has 0 aromatic heterocycles. The Hall–Kier alpha value is -1.01. The second-order valence-corrected chi connectivity index (χ2v) is 3.21. The molecule has 1 aromatic carbocycles. The minimum absolute atomic E-state index is 0.0628. The van der Waals surface area contributed by atoms with Gasteiger partial charge in [-0.15, -0.1) is 0 Å². The first-order valence-electron chi connectivity index (χ1n) is 3.38. The molecule has 6 heteroatoms. The maximum absolute atomic E-state index is 12.8. The Kier molecular flexibility index (Phi) is 2.94. The summed E-state index contributed by atoms with van der Waals surface area (Å²) in [6.45, 7) is -0.0628. The zero-order valence-electron chi connectivity index (χ0n) is 6.46. The van der Waals surface area contributed by atoms with E-state index in [-0.39, 0.29) is 22.3 Å². The number of rotatable bonds is 2. The van der Waals surface area contributed by atoms with Crippen LogP contribution < -0.4 is 5.73 Å². The van der Waals surface area contributed by atoms with E-state index in [0.717, 1.165) is 12.1 Å². The zero-order valence-corrected chi connectivity index (χ0v) is 8.04. The molecule has 0 aliphatic heterocycles. The lowest BCUT2D eigenvalue weighted by atomic mass is 10.2. The van der Waals surface area contributed by atoms with Crippen molar-refractivity contribution in [1.82, 2.24) is 0 Å². The molecular weight excluding hydrogens is 243 g/mol. The fraction of sp³-hybridized carbons (Fsp3) is 0.143. The predicted octanol–water partition coefficient (Wildman–Crippen LogP) is 1.96. The molecule has 2 N–H and O–H groups in total. The molecule has 1 rings (SSSR count). The summed E-state index contributed by atoms with van der Waals surface area (Å²) in [6, 6.07) is 2.10. The van der Waals surface area contributed by atoms with Crippen molar-refractivity contribution in [3.8, 4) is 0 Å². The average molecular weight is 249 g/mol. The summed E-state index contributed by atoms with van der Waals surface area (Å²) in [5.41, 5.74) is 5.23. The van der Waals surface area contributed by atoms with E-state index in [2.05, 4.69) is 15.9 Å². The monoisotopic (exact) mass is 248 g/mol. The molecule has 4 nitrogen and oxygen atoms in total. The third kappa shape index (κ3) is 2.02. The van der Waals surface area contributed by atoms with Crippen LogP contribution in [-0.4, -0.2) is 4.92 Å². The maximum Gasteiger partial charge on any atom is 0.288 e. The Morgan fingerprint density at radius 2 is 2.23 bits per heavy atom. The van der Waals surface area contributed by atoms with E-state index in [1.54, 1.807) is 0 Å². The molecule has 1 aromatic rings. The topological polar surface area (TPSA) is 69.2 Å². The molecule has 0 atom stereocenters. The van der Waals surface area contributed by atoms with Crippen LogP contribution in [0.25, 0.3) is 0 Å². The third-order valence-electron chi connectivity index (χ3n) is 1.51. The van der Waals surface area contributed by atoms with Crippen LogP contribution in [0.15, 0.2) is 16.6 Å². The van der Waals surface area contributed by atoms with Crippen LogP contribution in [0.5, 0.6) is 0 Å². The Morgan fingerprint density at radius 1 is 1.62 bits per heavy atom. The SMILES string of the molecule is NCc1cc(F)cc(Br)c1[N+](=O)[O-]. The molecule has 0 spiro atoms. The van der Waals surface area contributed by atoms with E-state index < -0.39 is 10.7 Å². The molecule has 0 radical (unpaired) electrons. The summed E-state index contributed by atoms with van der Waals surface area (Å²) in [7, 11) is 0. The van der Waals surface area contributed by atoms with E-state index in [4.69, 9.17) is 5.73 Å². The van der Waals surface area contributed by atoms with Crippen molar-refractivity contribution in [1.29, 1.82) is 0 Å². The number of nitro groups is 1. The molecule has 0 unspecified atom stereocenters. The van der Waals surface area contributed by atoms with Crippen molar-refractivity contribution >= 4 is 21.6 Å². The van der Waals surface area contributed by atoms with Gasteiger partial charge in [0.15, 0.2) is 0 Å². The first kappa shape index (κ1) is 10.1. The van der Waals surface area contributed by atoms with Gasteiger partial charge in [0, 0.05) is 12.1 Å². The molecule has 0 bridgehead atoms. The summed E-state index contributed by atoms with van der Waals surface area (Å²) in [5, 5.41) is 10.5. The summed E-state index contributed by atoms with van der Waals surface area (Å²) in [5.74, 6) is -0.544. The highest BCUT2D eigenvalue weighted by atomic mass is 79.9. The van der Waals surface area contributed by atoms with E-state index in [0.29, 0.717) is 0 Å². The number of hydrogen-bond donors (Lipinski definition) is 1. The Balaban J connectivity index is 3.38. The largest absolute Gasteiger partial charge is 0.326 e. The molecule has 0 fully saturated rings. The van der Waals surface area contributed by atoms with Gasteiger partial charge in [0.2, 0.25) is 0 Å². The lowest BCUT2D eigenvalue weighted by molar-refractivity contribution is -0.386. The van der Waals surface area contributed by atoms with E-state index in [1.807, 2.05) is 0 Å². The second-order valence-electron chi connectivity index (χ2n) is 2.36. The standard InChI is InChI=1S/C7H6BrFN2O2/c8-6-2-5(9)1-4(3-10)7(6)11(12)13/h1-2H,3,10H2. The molecule has 0 aliphatic carbocycles. The van der Waals surface area contributed by atoms with Crippen LogP contribution in [0, 0.1) is 15.9 Å². The van der Waals surface area contributed by atoms with Crippen LogP contribution in [0.3, 0.4) is 0 Å². The number of nitrogens with two attached hydrogens (primary N) is 1.